The predicted molar refractivity (Wildman–Crippen MR) is 81.0 cm³/mol. The fourth-order valence-corrected chi connectivity index (χ4v) is 2.46. The van der Waals surface area contributed by atoms with Crippen molar-refractivity contribution in [2.24, 2.45) is 0 Å². The van der Waals surface area contributed by atoms with Crippen molar-refractivity contribution in [2.75, 3.05) is 0 Å². The molecule has 0 fully saturated rings. The van der Waals surface area contributed by atoms with Gasteiger partial charge in [0.05, 0.1) is 6.10 Å². The van der Waals surface area contributed by atoms with E-state index in [1.165, 1.54) is 0 Å². The molecule has 2 rings (SSSR count). The minimum Gasteiger partial charge on any atom is -0.388 e. The van der Waals surface area contributed by atoms with Crippen molar-refractivity contribution in [1.29, 1.82) is 0 Å². The summed E-state index contributed by atoms with van der Waals surface area (Å²) >= 11 is 12.3. The molecule has 0 spiro atoms. The molecule has 0 aliphatic rings. The molecule has 1 N–H and O–H groups in total. The Morgan fingerprint density at radius 1 is 1.00 bits per heavy atom. The summed E-state index contributed by atoms with van der Waals surface area (Å²) in [6.07, 6.45) is -0.114. The fraction of sp³-hybridized carbons (Fsp3) is 0.250. The molecule has 0 aliphatic heterocycles. The summed E-state index contributed by atoms with van der Waals surface area (Å²) in [4.78, 5) is 0. The van der Waals surface area contributed by atoms with Crippen LogP contribution < -0.4 is 0 Å². The molecule has 1 atom stereocenters. The van der Waals surface area contributed by atoms with E-state index in [-0.39, 0.29) is 0 Å². The molecule has 100 valence electrons. The van der Waals surface area contributed by atoms with Crippen molar-refractivity contribution in [1.82, 2.24) is 0 Å². The minimum absolute atomic E-state index is 0.485. The summed E-state index contributed by atoms with van der Waals surface area (Å²) in [5.74, 6) is 0. The maximum absolute atomic E-state index is 10.3. The van der Waals surface area contributed by atoms with Crippen LogP contribution in [0.5, 0.6) is 0 Å². The van der Waals surface area contributed by atoms with E-state index < -0.39 is 6.10 Å². The number of aliphatic hydroxyl groups excluding tert-OH is 1. The first-order chi connectivity index (χ1) is 8.97. The van der Waals surface area contributed by atoms with Crippen LogP contribution in [0.2, 0.25) is 10.0 Å². The lowest BCUT2D eigenvalue weighted by Gasteiger charge is -2.13. The van der Waals surface area contributed by atoms with Crippen molar-refractivity contribution in [3.8, 4) is 0 Å². The lowest BCUT2D eigenvalue weighted by molar-refractivity contribution is 0.178. The number of benzene rings is 2. The van der Waals surface area contributed by atoms with Gasteiger partial charge >= 0.3 is 0 Å². The first kappa shape index (κ1) is 14.4. The molecular formula is C16H16Cl2O. The first-order valence-electron chi connectivity index (χ1n) is 6.16. The third kappa shape index (κ3) is 3.50. The highest BCUT2D eigenvalue weighted by Gasteiger charge is 2.12. The van der Waals surface area contributed by atoms with Crippen LogP contribution in [0.4, 0.5) is 0 Å². The van der Waals surface area contributed by atoms with Crippen LogP contribution in [-0.2, 0) is 6.42 Å². The van der Waals surface area contributed by atoms with Crippen molar-refractivity contribution in [3.05, 3.63) is 68.7 Å². The average Bonchev–Trinajstić information content (AvgIpc) is 2.36. The quantitative estimate of drug-likeness (QED) is 0.855. The molecule has 0 radical (unpaired) electrons. The van der Waals surface area contributed by atoms with Crippen LogP contribution in [0.3, 0.4) is 0 Å². The van der Waals surface area contributed by atoms with Gasteiger partial charge < -0.3 is 5.11 Å². The van der Waals surface area contributed by atoms with Gasteiger partial charge in [-0.15, -0.1) is 0 Å². The molecule has 3 heteroatoms. The average molecular weight is 295 g/mol. The first-order valence-corrected chi connectivity index (χ1v) is 6.92. The summed E-state index contributed by atoms with van der Waals surface area (Å²) in [7, 11) is 0. The van der Waals surface area contributed by atoms with Crippen LogP contribution in [0, 0.1) is 13.8 Å². The molecule has 2 aromatic carbocycles. The predicted octanol–water partition coefficient (Wildman–Crippen LogP) is 4.89. The van der Waals surface area contributed by atoms with E-state index in [0.29, 0.717) is 16.5 Å². The topological polar surface area (TPSA) is 20.2 Å². The number of aryl methyl sites for hydroxylation is 2. The Hall–Kier alpha value is -1.02. The highest BCUT2D eigenvalue weighted by Crippen LogP contribution is 2.27. The van der Waals surface area contributed by atoms with Gasteiger partial charge in [0.2, 0.25) is 0 Å². The molecule has 0 saturated heterocycles. The maximum atomic E-state index is 10.3. The zero-order chi connectivity index (χ0) is 14.0. The Morgan fingerprint density at radius 2 is 1.74 bits per heavy atom. The molecule has 0 aliphatic carbocycles. The number of halogens is 2. The van der Waals surface area contributed by atoms with Gasteiger partial charge in [-0.3, -0.25) is 0 Å². The second-order valence-corrected chi connectivity index (χ2v) is 5.64. The van der Waals surface area contributed by atoms with Crippen LogP contribution >= 0.6 is 23.2 Å². The standard InChI is InChI=1S/C16H16Cl2O/c1-10-3-5-12(15(18)7-10)9-16(19)13-6-4-11(2)14(17)8-13/h3-8,16,19H,9H2,1-2H3. The SMILES string of the molecule is Cc1ccc(CC(O)c2ccc(C)c(Cl)c2)c(Cl)c1. The second kappa shape index (κ2) is 5.96. The van der Waals surface area contributed by atoms with Gasteiger partial charge in [0.1, 0.15) is 0 Å². The van der Waals surface area contributed by atoms with Gasteiger partial charge in [-0.2, -0.15) is 0 Å². The van der Waals surface area contributed by atoms with Crippen molar-refractivity contribution < 1.29 is 5.11 Å². The number of rotatable bonds is 3. The number of hydrogen-bond donors (Lipinski definition) is 1. The van der Waals surface area contributed by atoms with E-state index in [4.69, 9.17) is 23.2 Å². The molecule has 2 aromatic rings. The highest BCUT2D eigenvalue weighted by atomic mass is 35.5. The van der Waals surface area contributed by atoms with E-state index in [1.54, 1.807) is 0 Å². The van der Waals surface area contributed by atoms with Gasteiger partial charge in [-0.05, 0) is 48.2 Å². The Morgan fingerprint density at radius 3 is 2.37 bits per heavy atom. The molecule has 1 nitrogen and oxygen atoms in total. The molecule has 0 aromatic heterocycles. The van der Waals surface area contributed by atoms with Gasteiger partial charge in [0, 0.05) is 16.5 Å². The zero-order valence-electron chi connectivity index (χ0n) is 11.0. The zero-order valence-corrected chi connectivity index (χ0v) is 12.5. The molecule has 19 heavy (non-hydrogen) atoms. The summed E-state index contributed by atoms with van der Waals surface area (Å²) in [5.41, 5.74) is 3.87. The summed E-state index contributed by atoms with van der Waals surface area (Å²) in [6, 6.07) is 11.5. The maximum Gasteiger partial charge on any atom is 0.0831 e. The Bertz CT molecular complexity index is 593. The molecule has 0 saturated carbocycles. The molecule has 0 amide bonds. The van der Waals surface area contributed by atoms with Gasteiger partial charge in [0.15, 0.2) is 0 Å². The van der Waals surface area contributed by atoms with Gasteiger partial charge in [0.25, 0.3) is 0 Å². The summed E-state index contributed by atoms with van der Waals surface area (Å²) in [6.45, 7) is 3.93. The largest absolute Gasteiger partial charge is 0.388 e. The fourth-order valence-electron chi connectivity index (χ4n) is 1.96. The lowest BCUT2D eigenvalue weighted by atomic mass is 10.00. The van der Waals surface area contributed by atoms with E-state index in [9.17, 15) is 5.11 Å². The Kier molecular flexibility index (Phi) is 4.51. The Labute approximate surface area is 123 Å². The molecule has 1 unspecified atom stereocenters. The third-order valence-corrected chi connectivity index (χ3v) is 3.96. The van der Waals surface area contributed by atoms with Crippen LogP contribution in [0.15, 0.2) is 36.4 Å². The summed E-state index contributed by atoms with van der Waals surface area (Å²) in [5, 5.41) is 11.6. The van der Waals surface area contributed by atoms with Crippen molar-refractivity contribution in [3.63, 3.8) is 0 Å². The highest BCUT2D eigenvalue weighted by molar-refractivity contribution is 6.31. The summed E-state index contributed by atoms with van der Waals surface area (Å²) < 4.78 is 0. The van der Waals surface area contributed by atoms with Crippen molar-refractivity contribution in [2.45, 2.75) is 26.4 Å². The van der Waals surface area contributed by atoms with Crippen LogP contribution in [0.25, 0.3) is 0 Å². The van der Waals surface area contributed by atoms with Crippen LogP contribution in [0.1, 0.15) is 28.4 Å². The molecular weight excluding hydrogens is 279 g/mol. The molecule has 0 heterocycles. The Balaban J connectivity index is 2.20. The molecule has 0 bridgehead atoms. The lowest BCUT2D eigenvalue weighted by Crippen LogP contribution is -2.02. The van der Waals surface area contributed by atoms with Crippen LogP contribution in [-0.4, -0.2) is 5.11 Å². The smallest absolute Gasteiger partial charge is 0.0831 e. The number of hydrogen-bond acceptors (Lipinski definition) is 1. The second-order valence-electron chi connectivity index (χ2n) is 4.82. The van der Waals surface area contributed by atoms with E-state index in [2.05, 4.69) is 0 Å². The number of aliphatic hydroxyl groups is 1. The van der Waals surface area contributed by atoms with E-state index >= 15 is 0 Å². The van der Waals surface area contributed by atoms with Gasteiger partial charge in [-0.1, -0.05) is 47.5 Å². The normalized spacial score (nSPS) is 12.5. The van der Waals surface area contributed by atoms with Gasteiger partial charge in [-0.25, -0.2) is 0 Å². The van der Waals surface area contributed by atoms with E-state index in [1.807, 2.05) is 50.2 Å². The minimum atomic E-state index is -0.599. The third-order valence-electron chi connectivity index (χ3n) is 3.20. The van der Waals surface area contributed by atoms with Crippen molar-refractivity contribution >= 4 is 23.2 Å². The monoisotopic (exact) mass is 294 g/mol. The van der Waals surface area contributed by atoms with E-state index in [0.717, 1.165) is 22.3 Å².